The molecule has 2 N–H and O–H groups in total. The summed E-state index contributed by atoms with van der Waals surface area (Å²) in [6.07, 6.45) is 1.60. The molecule has 1 heterocycles. The van der Waals surface area contributed by atoms with E-state index in [4.69, 9.17) is 0 Å². The summed E-state index contributed by atoms with van der Waals surface area (Å²) in [5, 5.41) is 14.8. The van der Waals surface area contributed by atoms with Crippen molar-refractivity contribution >= 4 is 39.1 Å². The molecule has 0 bridgehead atoms. The zero-order valence-corrected chi connectivity index (χ0v) is 16.0. The normalized spacial score (nSPS) is 10.8. The Balaban J connectivity index is 1.87. The molecule has 0 saturated heterocycles. The third-order valence-electron chi connectivity index (χ3n) is 3.86. The van der Waals surface area contributed by atoms with Crippen LogP contribution in [-0.2, 0) is 0 Å². The number of hydrogen-bond donors (Lipinski definition) is 2. The molecule has 0 unspecified atom stereocenters. The fourth-order valence-electron chi connectivity index (χ4n) is 2.57. The highest BCUT2D eigenvalue weighted by atomic mass is 79.9. The quantitative estimate of drug-likeness (QED) is 0.590. The highest BCUT2D eigenvalue weighted by Crippen LogP contribution is 2.29. The van der Waals surface area contributed by atoms with Crippen molar-refractivity contribution in [2.24, 2.45) is 0 Å². The van der Waals surface area contributed by atoms with Crippen molar-refractivity contribution in [1.82, 2.24) is 15.2 Å². The molecule has 3 aromatic rings. The highest BCUT2D eigenvalue weighted by molar-refractivity contribution is 9.10. The smallest absolute Gasteiger partial charge is 0.249 e. The summed E-state index contributed by atoms with van der Waals surface area (Å²) in [5.41, 5.74) is 4.34. The van der Waals surface area contributed by atoms with Crippen LogP contribution in [0.15, 0.2) is 53.1 Å². The van der Waals surface area contributed by atoms with Crippen LogP contribution in [0.5, 0.6) is 0 Å². The van der Waals surface area contributed by atoms with Gasteiger partial charge >= 0.3 is 0 Å². The Bertz CT molecular complexity index is 879. The summed E-state index contributed by atoms with van der Waals surface area (Å²) < 4.78 is 0.962. The number of benzene rings is 2. The SMILES string of the molecule is Cc1cccc(C(C)C)c1Nc1nncc(Nc2ccccc2Br)n1. The van der Waals surface area contributed by atoms with Crippen molar-refractivity contribution < 1.29 is 0 Å². The van der Waals surface area contributed by atoms with Crippen LogP contribution in [0.25, 0.3) is 0 Å². The molecule has 0 aliphatic heterocycles. The molecule has 0 spiro atoms. The van der Waals surface area contributed by atoms with E-state index in [1.54, 1.807) is 6.20 Å². The summed E-state index contributed by atoms with van der Waals surface area (Å²) >= 11 is 3.52. The van der Waals surface area contributed by atoms with Gasteiger partial charge in [-0.1, -0.05) is 44.2 Å². The molecule has 128 valence electrons. The van der Waals surface area contributed by atoms with Gasteiger partial charge in [-0.25, -0.2) is 0 Å². The van der Waals surface area contributed by atoms with E-state index in [-0.39, 0.29) is 0 Å². The van der Waals surface area contributed by atoms with Crippen molar-refractivity contribution in [3.8, 4) is 0 Å². The number of hydrogen-bond acceptors (Lipinski definition) is 5. The number of nitrogens with zero attached hydrogens (tertiary/aromatic N) is 3. The molecule has 0 aliphatic rings. The fraction of sp³-hybridized carbons (Fsp3) is 0.211. The summed E-state index contributed by atoms with van der Waals surface area (Å²) in [5.74, 6) is 1.49. The maximum Gasteiger partial charge on any atom is 0.249 e. The van der Waals surface area contributed by atoms with E-state index < -0.39 is 0 Å². The molecule has 6 heteroatoms. The molecule has 0 atom stereocenters. The summed E-state index contributed by atoms with van der Waals surface area (Å²) in [4.78, 5) is 4.53. The molecule has 3 rings (SSSR count). The molecule has 0 fully saturated rings. The largest absolute Gasteiger partial charge is 0.338 e. The number of nitrogens with one attached hydrogen (secondary N) is 2. The van der Waals surface area contributed by atoms with E-state index in [0.29, 0.717) is 17.7 Å². The second-order valence-electron chi connectivity index (χ2n) is 6.09. The first-order chi connectivity index (χ1) is 12.0. The Labute approximate surface area is 156 Å². The van der Waals surface area contributed by atoms with Crippen LogP contribution < -0.4 is 10.6 Å². The van der Waals surface area contributed by atoms with Gasteiger partial charge in [0, 0.05) is 10.2 Å². The Morgan fingerprint density at radius 1 is 1.00 bits per heavy atom. The minimum Gasteiger partial charge on any atom is -0.338 e. The van der Waals surface area contributed by atoms with Crippen LogP contribution >= 0.6 is 15.9 Å². The first-order valence-electron chi connectivity index (χ1n) is 8.12. The number of aromatic nitrogens is 3. The van der Waals surface area contributed by atoms with E-state index in [1.165, 1.54) is 5.56 Å². The van der Waals surface area contributed by atoms with Gasteiger partial charge in [-0.3, -0.25) is 0 Å². The van der Waals surface area contributed by atoms with Crippen molar-refractivity contribution in [3.05, 3.63) is 64.3 Å². The third kappa shape index (κ3) is 4.14. The lowest BCUT2D eigenvalue weighted by atomic mass is 9.98. The minimum absolute atomic E-state index is 0.400. The molecule has 1 aromatic heterocycles. The molecular weight excluding hydrogens is 378 g/mol. The molecule has 2 aromatic carbocycles. The molecule has 0 amide bonds. The highest BCUT2D eigenvalue weighted by Gasteiger charge is 2.11. The van der Waals surface area contributed by atoms with Crippen LogP contribution in [0.2, 0.25) is 0 Å². The number of rotatable bonds is 5. The Kier molecular flexibility index (Phi) is 5.28. The number of anilines is 4. The van der Waals surface area contributed by atoms with E-state index in [1.807, 2.05) is 24.3 Å². The Morgan fingerprint density at radius 3 is 2.56 bits per heavy atom. The zero-order chi connectivity index (χ0) is 17.8. The molecular formula is C19H20BrN5. The third-order valence-corrected chi connectivity index (χ3v) is 4.55. The molecule has 25 heavy (non-hydrogen) atoms. The van der Waals surface area contributed by atoms with Gasteiger partial charge in [0.1, 0.15) is 0 Å². The topological polar surface area (TPSA) is 62.7 Å². The fourth-order valence-corrected chi connectivity index (χ4v) is 2.96. The summed E-state index contributed by atoms with van der Waals surface area (Å²) in [6.45, 7) is 6.42. The monoisotopic (exact) mass is 397 g/mol. The summed E-state index contributed by atoms with van der Waals surface area (Å²) in [6, 6.07) is 14.1. The molecule has 5 nitrogen and oxygen atoms in total. The standard InChI is InChI=1S/C19H20BrN5/c1-12(2)14-8-6-7-13(3)18(14)24-19-23-17(11-21-25-19)22-16-10-5-4-9-15(16)20/h4-12H,1-3H3,(H2,22,23,24,25). The number of halogens is 1. The van der Waals surface area contributed by atoms with Crippen LogP contribution in [0.4, 0.5) is 23.1 Å². The molecule has 0 saturated carbocycles. The maximum atomic E-state index is 4.53. The number of para-hydroxylation sites is 2. The predicted molar refractivity (Wildman–Crippen MR) is 106 cm³/mol. The average Bonchev–Trinajstić information content (AvgIpc) is 2.59. The van der Waals surface area contributed by atoms with E-state index in [9.17, 15) is 0 Å². The van der Waals surface area contributed by atoms with Crippen molar-refractivity contribution in [2.75, 3.05) is 10.6 Å². The van der Waals surface area contributed by atoms with Crippen molar-refractivity contribution in [2.45, 2.75) is 26.7 Å². The van der Waals surface area contributed by atoms with E-state index in [0.717, 1.165) is 21.4 Å². The Morgan fingerprint density at radius 2 is 1.80 bits per heavy atom. The Hall–Kier alpha value is -2.47. The minimum atomic E-state index is 0.400. The van der Waals surface area contributed by atoms with Crippen molar-refractivity contribution in [1.29, 1.82) is 0 Å². The van der Waals surface area contributed by atoms with Gasteiger partial charge in [-0.2, -0.15) is 10.1 Å². The van der Waals surface area contributed by atoms with Crippen LogP contribution in [0, 0.1) is 6.92 Å². The predicted octanol–water partition coefficient (Wildman–Crippen LogP) is 5.55. The lowest BCUT2D eigenvalue weighted by molar-refractivity contribution is 0.865. The molecule has 0 radical (unpaired) electrons. The number of aryl methyl sites for hydroxylation is 1. The van der Waals surface area contributed by atoms with Gasteiger partial charge in [0.15, 0.2) is 5.82 Å². The second-order valence-corrected chi connectivity index (χ2v) is 6.94. The maximum absolute atomic E-state index is 4.53. The summed E-state index contributed by atoms with van der Waals surface area (Å²) in [7, 11) is 0. The van der Waals surface area contributed by atoms with Crippen molar-refractivity contribution in [3.63, 3.8) is 0 Å². The lowest BCUT2D eigenvalue weighted by Gasteiger charge is -2.16. The van der Waals surface area contributed by atoms with Crippen LogP contribution in [0.3, 0.4) is 0 Å². The first kappa shape index (κ1) is 17.4. The lowest BCUT2D eigenvalue weighted by Crippen LogP contribution is -2.06. The van der Waals surface area contributed by atoms with Gasteiger partial charge in [-0.05, 0) is 52.0 Å². The zero-order valence-electron chi connectivity index (χ0n) is 14.4. The first-order valence-corrected chi connectivity index (χ1v) is 8.91. The molecule has 0 aliphatic carbocycles. The van der Waals surface area contributed by atoms with Gasteiger partial charge < -0.3 is 10.6 Å². The average molecular weight is 398 g/mol. The van der Waals surface area contributed by atoms with Crippen LogP contribution in [0.1, 0.15) is 30.9 Å². The second kappa shape index (κ2) is 7.61. The van der Waals surface area contributed by atoms with Gasteiger partial charge in [0.25, 0.3) is 0 Å². The van der Waals surface area contributed by atoms with Crippen LogP contribution in [-0.4, -0.2) is 15.2 Å². The van der Waals surface area contributed by atoms with E-state index >= 15 is 0 Å². The van der Waals surface area contributed by atoms with Gasteiger partial charge in [-0.15, -0.1) is 5.10 Å². The van der Waals surface area contributed by atoms with E-state index in [2.05, 4.69) is 80.7 Å². The van der Waals surface area contributed by atoms with Gasteiger partial charge in [0.2, 0.25) is 5.95 Å². The van der Waals surface area contributed by atoms with Gasteiger partial charge in [0.05, 0.1) is 11.9 Å².